The Balaban J connectivity index is 2.88. The zero-order valence-electron chi connectivity index (χ0n) is 15.3. The molecule has 0 N–H and O–H groups in total. The van der Waals surface area contributed by atoms with Crippen molar-refractivity contribution in [2.24, 2.45) is 5.92 Å². The van der Waals surface area contributed by atoms with Crippen LogP contribution in [0.15, 0.2) is 42.0 Å². The molecule has 0 bridgehead atoms. The van der Waals surface area contributed by atoms with E-state index in [1.54, 1.807) is 13.8 Å². The predicted octanol–water partition coefficient (Wildman–Crippen LogP) is 4.09. The minimum absolute atomic E-state index is 0.119. The van der Waals surface area contributed by atoms with Gasteiger partial charge < -0.3 is 9.47 Å². The van der Waals surface area contributed by atoms with E-state index < -0.39 is 5.60 Å². The summed E-state index contributed by atoms with van der Waals surface area (Å²) in [6.45, 7) is 9.35. The number of benzene rings is 1. The van der Waals surface area contributed by atoms with Crippen molar-refractivity contribution in [3.05, 3.63) is 47.5 Å². The number of allylic oxidation sites excluding steroid dienone is 1. The first-order chi connectivity index (χ1) is 11.2. The van der Waals surface area contributed by atoms with Gasteiger partial charge in [0, 0.05) is 5.57 Å². The third kappa shape index (κ3) is 7.95. The normalized spacial score (nSPS) is 13.3. The van der Waals surface area contributed by atoms with Crippen LogP contribution >= 0.6 is 0 Å². The molecular weight excluding hydrogens is 304 g/mol. The van der Waals surface area contributed by atoms with Gasteiger partial charge in [-0.2, -0.15) is 0 Å². The number of esters is 2. The van der Waals surface area contributed by atoms with E-state index in [1.807, 2.05) is 57.2 Å². The lowest BCUT2D eigenvalue weighted by Gasteiger charge is -2.21. The van der Waals surface area contributed by atoms with Crippen molar-refractivity contribution in [2.75, 3.05) is 6.61 Å². The number of rotatable bonds is 7. The summed E-state index contributed by atoms with van der Waals surface area (Å²) in [5.74, 6) is -0.734. The van der Waals surface area contributed by atoms with E-state index in [2.05, 4.69) is 0 Å². The van der Waals surface area contributed by atoms with Crippen LogP contribution in [0.5, 0.6) is 0 Å². The van der Waals surface area contributed by atoms with Crippen LogP contribution in [0.3, 0.4) is 0 Å². The van der Waals surface area contributed by atoms with Crippen LogP contribution in [0.2, 0.25) is 0 Å². The average molecular weight is 332 g/mol. The van der Waals surface area contributed by atoms with Crippen LogP contribution in [0.25, 0.3) is 0 Å². The zero-order valence-corrected chi connectivity index (χ0v) is 15.3. The largest absolute Gasteiger partial charge is 0.463 e. The maximum atomic E-state index is 12.2. The number of carbonyl (C=O) groups is 2. The summed E-state index contributed by atoms with van der Waals surface area (Å²) in [6, 6.07) is 9.89. The second kappa shape index (κ2) is 9.26. The van der Waals surface area contributed by atoms with Crippen molar-refractivity contribution in [3.63, 3.8) is 0 Å². The van der Waals surface area contributed by atoms with E-state index in [9.17, 15) is 9.59 Å². The Hall–Kier alpha value is -2.10. The minimum Gasteiger partial charge on any atom is -0.463 e. The highest BCUT2D eigenvalue weighted by molar-refractivity contribution is 5.87. The highest BCUT2D eigenvalue weighted by Crippen LogP contribution is 2.19. The van der Waals surface area contributed by atoms with Crippen LogP contribution in [0.4, 0.5) is 0 Å². The molecule has 24 heavy (non-hydrogen) atoms. The van der Waals surface area contributed by atoms with Gasteiger partial charge in [-0.05, 0) is 52.5 Å². The monoisotopic (exact) mass is 332 g/mol. The van der Waals surface area contributed by atoms with Crippen molar-refractivity contribution in [2.45, 2.75) is 53.1 Å². The van der Waals surface area contributed by atoms with Gasteiger partial charge in [0.2, 0.25) is 0 Å². The fourth-order valence-electron chi connectivity index (χ4n) is 2.37. The second-order valence-electron chi connectivity index (χ2n) is 6.81. The molecule has 1 rings (SSSR count). The van der Waals surface area contributed by atoms with Crippen LogP contribution in [0, 0.1) is 5.92 Å². The summed E-state index contributed by atoms with van der Waals surface area (Å²) in [6.07, 6.45) is 2.70. The van der Waals surface area contributed by atoms with Gasteiger partial charge in [-0.25, -0.2) is 4.79 Å². The predicted molar refractivity (Wildman–Crippen MR) is 94.5 cm³/mol. The molecule has 0 unspecified atom stereocenters. The number of hydrogen-bond donors (Lipinski definition) is 0. The summed E-state index contributed by atoms with van der Waals surface area (Å²) in [5, 5.41) is 0. The SMILES string of the molecule is CCOC(=O)/C(C)=C\[C@@H](CC(=O)OC(C)(C)C)Cc1ccccc1. The summed E-state index contributed by atoms with van der Waals surface area (Å²) in [4.78, 5) is 24.0. The Kier molecular flexibility index (Phi) is 7.69. The Morgan fingerprint density at radius 2 is 1.79 bits per heavy atom. The summed E-state index contributed by atoms with van der Waals surface area (Å²) in [5.41, 5.74) is 1.11. The lowest BCUT2D eigenvalue weighted by molar-refractivity contribution is -0.155. The van der Waals surface area contributed by atoms with Gasteiger partial charge in [-0.3, -0.25) is 4.79 Å². The Morgan fingerprint density at radius 1 is 1.17 bits per heavy atom. The topological polar surface area (TPSA) is 52.6 Å². The maximum absolute atomic E-state index is 12.2. The molecule has 0 spiro atoms. The number of ether oxygens (including phenoxy) is 2. The smallest absolute Gasteiger partial charge is 0.333 e. The molecule has 0 radical (unpaired) electrons. The van der Waals surface area contributed by atoms with Gasteiger partial charge in [0.1, 0.15) is 5.60 Å². The van der Waals surface area contributed by atoms with Gasteiger partial charge in [0.25, 0.3) is 0 Å². The molecule has 0 saturated heterocycles. The molecule has 0 aliphatic carbocycles. The molecule has 132 valence electrons. The van der Waals surface area contributed by atoms with Crippen molar-refractivity contribution < 1.29 is 19.1 Å². The molecule has 1 aromatic carbocycles. The molecule has 0 saturated carbocycles. The molecule has 0 aromatic heterocycles. The van der Waals surface area contributed by atoms with E-state index in [0.29, 0.717) is 18.6 Å². The first-order valence-electron chi connectivity index (χ1n) is 8.32. The molecule has 4 nitrogen and oxygen atoms in total. The summed E-state index contributed by atoms with van der Waals surface area (Å²) in [7, 11) is 0. The van der Waals surface area contributed by atoms with Gasteiger partial charge in [0.15, 0.2) is 0 Å². The summed E-state index contributed by atoms with van der Waals surface area (Å²) >= 11 is 0. The molecule has 0 amide bonds. The standard InChI is InChI=1S/C20H28O4/c1-6-23-19(22)15(2)12-17(13-16-10-8-7-9-11-16)14-18(21)24-20(3,4)5/h7-12,17H,6,13-14H2,1-5H3/b15-12-/t17-/m1/s1. The third-order valence-electron chi connectivity index (χ3n) is 3.27. The lowest BCUT2D eigenvalue weighted by atomic mass is 9.94. The molecule has 0 fully saturated rings. The van der Waals surface area contributed by atoms with Crippen LogP contribution in [-0.2, 0) is 25.5 Å². The lowest BCUT2D eigenvalue weighted by Crippen LogP contribution is -2.25. The first-order valence-corrected chi connectivity index (χ1v) is 8.32. The molecule has 1 atom stereocenters. The van der Waals surface area contributed by atoms with Crippen LogP contribution < -0.4 is 0 Å². The van der Waals surface area contributed by atoms with Crippen LogP contribution in [0.1, 0.15) is 46.6 Å². The number of hydrogen-bond acceptors (Lipinski definition) is 4. The van der Waals surface area contributed by atoms with Crippen molar-refractivity contribution in [1.82, 2.24) is 0 Å². The highest BCUT2D eigenvalue weighted by Gasteiger charge is 2.20. The van der Waals surface area contributed by atoms with Gasteiger partial charge in [-0.15, -0.1) is 0 Å². The van der Waals surface area contributed by atoms with Gasteiger partial charge in [-0.1, -0.05) is 36.4 Å². The van der Waals surface area contributed by atoms with Crippen LogP contribution in [-0.4, -0.2) is 24.1 Å². The third-order valence-corrected chi connectivity index (χ3v) is 3.27. The first kappa shape index (κ1) is 19.9. The minimum atomic E-state index is -0.520. The molecule has 0 heterocycles. The molecule has 0 aliphatic rings. The Labute approximate surface area is 144 Å². The van der Waals surface area contributed by atoms with Crippen molar-refractivity contribution in [3.8, 4) is 0 Å². The van der Waals surface area contributed by atoms with Gasteiger partial charge >= 0.3 is 11.9 Å². The second-order valence-corrected chi connectivity index (χ2v) is 6.81. The van der Waals surface area contributed by atoms with Crippen molar-refractivity contribution in [1.29, 1.82) is 0 Å². The van der Waals surface area contributed by atoms with Crippen molar-refractivity contribution >= 4 is 11.9 Å². The molecule has 0 aliphatic heterocycles. The fraction of sp³-hybridized carbons (Fsp3) is 0.500. The van der Waals surface area contributed by atoms with E-state index in [0.717, 1.165) is 5.56 Å². The maximum Gasteiger partial charge on any atom is 0.333 e. The quantitative estimate of drug-likeness (QED) is 0.557. The van der Waals surface area contributed by atoms with Gasteiger partial charge in [0.05, 0.1) is 13.0 Å². The fourth-order valence-corrected chi connectivity index (χ4v) is 2.37. The number of carbonyl (C=O) groups excluding carboxylic acids is 2. The van der Waals surface area contributed by atoms with E-state index in [-0.39, 0.29) is 24.3 Å². The Morgan fingerprint density at radius 3 is 2.33 bits per heavy atom. The van der Waals surface area contributed by atoms with E-state index in [1.165, 1.54) is 0 Å². The zero-order chi connectivity index (χ0) is 18.2. The molecule has 1 aromatic rings. The molecular formula is C20H28O4. The highest BCUT2D eigenvalue weighted by atomic mass is 16.6. The van der Waals surface area contributed by atoms with E-state index >= 15 is 0 Å². The van der Waals surface area contributed by atoms with E-state index in [4.69, 9.17) is 9.47 Å². The Bertz CT molecular complexity index is 567. The summed E-state index contributed by atoms with van der Waals surface area (Å²) < 4.78 is 10.4. The molecule has 4 heteroatoms. The average Bonchev–Trinajstić information content (AvgIpc) is 2.46.